The van der Waals surface area contributed by atoms with Gasteiger partial charge in [-0.1, -0.05) is 12.1 Å². The van der Waals surface area contributed by atoms with Crippen LogP contribution in [0.4, 0.5) is 5.69 Å². The van der Waals surface area contributed by atoms with Crippen molar-refractivity contribution in [1.82, 2.24) is 10.2 Å². The molecule has 0 radical (unpaired) electrons. The van der Waals surface area contributed by atoms with Crippen LogP contribution in [0.25, 0.3) is 0 Å². The number of nitrogens with one attached hydrogen (secondary N) is 1. The van der Waals surface area contributed by atoms with Crippen LogP contribution >= 0.6 is 24.0 Å². The summed E-state index contributed by atoms with van der Waals surface area (Å²) < 4.78 is 10.6. The Bertz CT molecular complexity index is 583. The predicted octanol–water partition coefficient (Wildman–Crippen LogP) is 2.27. The molecule has 1 atom stereocenters. The molecule has 1 heterocycles. The van der Waals surface area contributed by atoms with Crippen LogP contribution in [0.3, 0.4) is 0 Å². The smallest absolute Gasteiger partial charge is 0.269 e. The van der Waals surface area contributed by atoms with E-state index in [9.17, 15) is 10.1 Å². The second-order valence-electron chi connectivity index (χ2n) is 5.99. The van der Waals surface area contributed by atoms with Gasteiger partial charge in [-0.2, -0.15) is 0 Å². The highest BCUT2D eigenvalue weighted by Gasteiger charge is 2.24. The second-order valence-corrected chi connectivity index (χ2v) is 5.99. The molecular weight excluding hydrogens is 451 g/mol. The van der Waals surface area contributed by atoms with Crippen molar-refractivity contribution in [1.29, 1.82) is 0 Å². The normalized spacial score (nSPS) is 17.1. The molecule has 0 amide bonds. The molecule has 146 valence electrons. The molecule has 0 bridgehead atoms. The third kappa shape index (κ3) is 7.04. The third-order valence-corrected chi connectivity index (χ3v) is 4.18. The topological polar surface area (TPSA) is 89.2 Å². The van der Waals surface area contributed by atoms with Gasteiger partial charge in [-0.15, -0.1) is 24.0 Å². The van der Waals surface area contributed by atoms with Crippen LogP contribution in [0.2, 0.25) is 0 Å². The lowest BCUT2D eigenvalue weighted by Gasteiger charge is -2.21. The van der Waals surface area contributed by atoms with Crippen LogP contribution in [0.5, 0.6) is 0 Å². The monoisotopic (exact) mass is 478 g/mol. The lowest BCUT2D eigenvalue weighted by molar-refractivity contribution is -0.384. The number of guanidine groups is 1. The van der Waals surface area contributed by atoms with Crippen LogP contribution in [-0.2, 0) is 16.0 Å². The van der Waals surface area contributed by atoms with E-state index in [4.69, 9.17) is 9.47 Å². The molecule has 1 aromatic carbocycles. The molecule has 1 N–H and O–H groups in total. The molecule has 1 fully saturated rings. The van der Waals surface area contributed by atoms with Gasteiger partial charge in [-0.05, 0) is 12.0 Å². The lowest BCUT2D eigenvalue weighted by Crippen LogP contribution is -2.39. The minimum absolute atomic E-state index is 0. The van der Waals surface area contributed by atoms with Gasteiger partial charge in [-0.3, -0.25) is 15.1 Å². The summed E-state index contributed by atoms with van der Waals surface area (Å²) in [6.45, 7) is 4.41. The number of likely N-dealkylation sites (tertiary alicyclic amines) is 1. The molecule has 1 saturated heterocycles. The van der Waals surface area contributed by atoms with E-state index < -0.39 is 4.92 Å². The van der Waals surface area contributed by atoms with Crippen LogP contribution in [-0.4, -0.2) is 62.9 Å². The molecule has 1 aliphatic heterocycles. The molecule has 0 spiro atoms. The Balaban J connectivity index is 0.00000338. The first-order valence-electron chi connectivity index (χ1n) is 8.39. The highest BCUT2D eigenvalue weighted by atomic mass is 127. The summed E-state index contributed by atoms with van der Waals surface area (Å²) in [6, 6.07) is 6.55. The number of rotatable bonds is 8. The molecule has 1 unspecified atom stereocenters. The minimum atomic E-state index is -0.394. The van der Waals surface area contributed by atoms with Gasteiger partial charge < -0.3 is 19.7 Å². The predicted molar refractivity (Wildman–Crippen MR) is 111 cm³/mol. The van der Waals surface area contributed by atoms with Gasteiger partial charge in [0.2, 0.25) is 0 Å². The van der Waals surface area contributed by atoms with E-state index in [-0.39, 0.29) is 29.7 Å². The van der Waals surface area contributed by atoms with E-state index in [1.807, 2.05) is 0 Å². The summed E-state index contributed by atoms with van der Waals surface area (Å²) in [6.07, 6.45) is 1.07. The average molecular weight is 478 g/mol. The number of nitro groups is 1. The van der Waals surface area contributed by atoms with Crippen molar-refractivity contribution in [2.45, 2.75) is 13.0 Å². The molecule has 9 heteroatoms. The third-order valence-electron chi connectivity index (χ3n) is 4.18. The van der Waals surface area contributed by atoms with Crippen molar-refractivity contribution in [3.63, 3.8) is 0 Å². The van der Waals surface area contributed by atoms with Gasteiger partial charge in [0, 0.05) is 51.8 Å². The van der Waals surface area contributed by atoms with Gasteiger partial charge in [0.05, 0.1) is 24.7 Å². The molecule has 1 aliphatic rings. The Hall–Kier alpha value is -1.46. The van der Waals surface area contributed by atoms with Gasteiger partial charge in [0.1, 0.15) is 0 Å². The van der Waals surface area contributed by atoms with Crippen molar-refractivity contribution in [3.8, 4) is 0 Å². The van der Waals surface area contributed by atoms with Gasteiger partial charge in [0.25, 0.3) is 5.69 Å². The van der Waals surface area contributed by atoms with Gasteiger partial charge in [0.15, 0.2) is 5.96 Å². The first-order chi connectivity index (χ1) is 12.1. The fourth-order valence-electron chi connectivity index (χ4n) is 2.80. The zero-order valence-electron chi connectivity index (χ0n) is 15.2. The number of nitro benzene ring substituents is 1. The lowest BCUT2D eigenvalue weighted by atomic mass is 10.1. The van der Waals surface area contributed by atoms with E-state index in [1.165, 1.54) is 12.1 Å². The fraction of sp³-hybridized carbons (Fsp3) is 0.588. The first kappa shape index (κ1) is 22.6. The highest BCUT2D eigenvalue weighted by molar-refractivity contribution is 14.0. The summed E-state index contributed by atoms with van der Waals surface area (Å²) in [5.41, 5.74) is 1.08. The maximum absolute atomic E-state index is 10.7. The number of benzene rings is 1. The standard InChI is InChI=1S/C17H26N4O4.HI/c1-18-17(19-11-14-3-5-16(6-4-14)21(22)23)20-8-7-15(12-20)13-25-10-9-24-2;/h3-6,15H,7-13H2,1-2H3,(H,18,19);1H. The molecule has 8 nitrogen and oxygen atoms in total. The van der Waals surface area contributed by atoms with Gasteiger partial charge in [-0.25, -0.2) is 0 Å². The Morgan fingerprint density at radius 1 is 1.38 bits per heavy atom. The van der Waals surface area contributed by atoms with Crippen LogP contribution in [0, 0.1) is 16.0 Å². The van der Waals surface area contributed by atoms with Crippen LogP contribution in [0.1, 0.15) is 12.0 Å². The number of ether oxygens (including phenoxy) is 2. The number of non-ortho nitro benzene ring substituents is 1. The molecule has 26 heavy (non-hydrogen) atoms. The van der Waals surface area contributed by atoms with Crippen molar-refractivity contribution in [2.24, 2.45) is 10.9 Å². The van der Waals surface area contributed by atoms with Crippen LogP contribution < -0.4 is 5.32 Å². The molecule has 1 aromatic rings. The highest BCUT2D eigenvalue weighted by Crippen LogP contribution is 2.17. The maximum Gasteiger partial charge on any atom is 0.269 e. The van der Waals surface area contributed by atoms with Crippen molar-refractivity contribution in [3.05, 3.63) is 39.9 Å². The number of nitrogens with zero attached hydrogens (tertiary/aromatic N) is 3. The van der Waals surface area contributed by atoms with Gasteiger partial charge >= 0.3 is 0 Å². The van der Waals surface area contributed by atoms with Crippen molar-refractivity contribution >= 4 is 35.6 Å². The van der Waals surface area contributed by atoms with Crippen molar-refractivity contribution in [2.75, 3.05) is 47.1 Å². The van der Waals surface area contributed by atoms with Crippen molar-refractivity contribution < 1.29 is 14.4 Å². The Morgan fingerprint density at radius 2 is 2.12 bits per heavy atom. The number of hydrogen-bond acceptors (Lipinski definition) is 5. The second kappa shape index (κ2) is 12.0. The zero-order chi connectivity index (χ0) is 18.1. The maximum atomic E-state index is 10.7. The van der Waals surface area contributed by atoms with E-state index >= 15 is 0 Å². The molecule has 2 rings (SSSR count). The SMILES string of the molecule is CN=C(NCc1ccc([N+](=O)[O-])cc1)N1CCC(COCCOC)C1.I. The van der Waals surface area contributed by atoms with E-state index in [0.717, 1.165) is 37.6 Å². The quantitative estimate of drug-likeness (QED) is 0.154. The molecular formula is C17H27IN4O4. The average Bonchev–Trinajstić information content (AvgIpc) is 3.08. The van der Waals surface area contributed by atoms with E-state index in [0.29, 0.717) is 25.7 Å². The number of hydrogen-bond donors (Lipinski definition) is 1. The Labute approximate surface area is 171 Å². The zero-order valence-corrected chi connectivity index (χ0v) is 17.5. The van der Waals surface area contributed by atoms with E-state index in [2.05, 4.69) is 15.2 Å². The Morgan fingerprint density at radius 3 is 2.73 bits per heavy atom. The minimum Gasteiger partial charge on any atom is -0.382 e. The summed E-state index contributed by atoms with van der Waals surface area (Å²) in [4.78, 5) is 16.8. The summed E-state index contributed by atoms with van der Waals surface area (Å²) >= 11 is 0. The summed E-state index contributed by atoms with van der Waals surface area (Å²) in [5.74, 6) is 1.34. The van der Waals surface area contributed by atoms with Crippen LogP contribution in [0.15, 0.2) is 29.3 Å². The van der Waals surface area contributed by atoms with E-state index in [1.54, 1.807) is 26.3 Å². The number of methoxy groups -OCH3 is 1. The number of aliphatic imine (C=N–C) groups is 1. The molecule has 0 aliphatic carbocycles. The Kier molecular flexibility index (Phi) is 10.4. The largest absolute Gasteiger partial charge is 0.382 e. The number of halogens is 1. The summed E-state index contributed by atoms with van der Waals surface area (Å²) in [5, 5.41) is 14.0. The summed E-state index contributed by atoms with van der Waals surface area (Å²) in [7, 11) is 3.43. The first-order valence-corrected chi connectivity index (χ1v) is 8.39. The molecule has 0 saturated carbocycles. The fourth-order valence-corrected chi connectivity index (χ4v) is 2.80. The molecule has 0 aromatic heterocycles.